The van der Waals surface area contributed by atoms with Crippen LogP contribution in [0.1, 0.15) is 11.3 Å². The lowest BCUT2D eigenvalue weighted by Gasteiger charge is -2.07. The molecule has 3 aromatic rings. The summed E-state index contributed by atoms with van der Waals surface area (Å²) in [6.45, 7) is 2.01. The molecule has 104 valence electrons. The van der Waals surface area contributed by atoms with E-state index in [1.807, 2.05) is 31.2 Å². The van der Waals surface area contributed by atoms with E-state index in [2.05, 4.69) is 9.97 Å². The van der Waals surface area contributed by atoms with Crippen molar-refractivity contribution < 1.29 is 14.7 Å². The van der Waals surface area contributed by atoms with Crippen molar-refractivity contribution in [3.63, 3.8) is 0 Å². The van der Waals surface area contributed by atoms with Gasteiger partial charge in [-0.3, -0.25) is 14.8 Å². The van der Waals surface area contributed by atoms with Crippen molar-refractivity contribution in [2.24, 2.45) is 0 Å². The van der Waals surface area contributed by atoms with E-state index in [1.54, 1.807) is 12.3 Å². The first-order valence-corrected chi connectivity index (χ1v) is 6.46. The summed E-state index contributed by atoms with van der Waals surface area (Å²) in [6, 6.07) is 9.35. The second-order valence-electron chi connectivity index (χ2n) is 4.87. The fourth-order valence-electron chi connectivity index (χ4n) is 2.38. The maximum atomic E-state index is 11.3. The van der Waals surface area contributed by atoms with Crippen LogP contribution in [0.2, 0.25) is 0 Å². The van der Waals surface area contributed by atoms with Crippen LogP contribution in [0.5, 0.6) is 0 Å². The molecule has 0 aliphatic carbocycles. The summed E-state index contributed by atoms with van der Waals surface area (Å²) in [5.74, 6) is -2.31. The lowest BCUT2D eigenvalue weighted by molar-refractivity contribution is -0.148. The molecule has 0 radical (unpaired) electrons. The van der Waals surface area contributed by atoms with Gasteiger partial charge in [-0.15, -0.1) is 0 Å². The normalized spacial score (nSPS) is 10.9. The number of carbonyl (C=O) groups excluding carboxylic acids is 1. The van der Waals surface area contributed by atoms with Gasteiger partial charge >= 0.3 is 5.97 Å². The Labute approximate surface area is 120 Å². The smallest absolute Gasteiger partial charge is 0.372 e. The van der Waals surface area contributed by atoms with Gasteiger partial charge in [-0.1, -0.05) is 12.1 Å². The molecule has 0 aliphatic rings. The van der Waals surface area contributed by atoms with E-state index in [0.717, 1.165) is 21.9 Å². The van der Waals surface area contributed by atoms with Crippen molar-refractivity contribution in [3.05, 3.63) is 47.8 Å². The van der Waals surface area contributed by atoms with Gasteiger partial charge in [-0.05, 0) is 30.7 Å². The number of aryl methyl sites for hydroxylation is 1. The van der Waals surface area contributed by atoms with Crippen molar-refractivity contribution in [2.45, 2.75) is 13.3 Å². The molecular formula is C16H12N2O3. The predicted molar refractivity (Wildman–Crippen MR) is 78.1 cm³/mol. The number of Topliss-reactive ketones (excluding diaryl/α,β-unsaturated/α-hetero) is 1. The number of hydrogen-bond donors (Lipinski definition) is 1. The number of aromatic nitrogens is 2. The molecule has 21 heavy (non-hydrogen) atoms. The van der Waals surface area contributed by atoms with Gasteiger partial charge in [0, 0.05) is 22.7 Å². The fourth-order valence-corrected chi connectivity index (χ4v) is 2.38. The van der Waals surface area contributed by atoms with E-state index < -0.39 is 11.8 Å². The molecular weight excluding hydrogens is 268 g/mol. The van der Waals surface area contributed by atoms with Gasteiger partial charge in [0.2, 0.25) is 5.78 Å². The van der Waals surface area contributed by atoms with Crippen molar-refractivity contribution in [1.82, 2.24) is 9.97 Å². The van der Waals surface area contributed by atoms with Gasteiger partial charge in [-0.25, -0.2) is 4.79 Å². The third-order valence-electron chi connectivity index (χ3n) is 3.39. The highest BCUT2D eigenvalue weighted by atomic mass is 16.4. The summed E-state index contributed by atoms with van der Waals surface area (Å²) >= 11 is 0. The standard InChI is InChI=1S/C16H12N2O3/c1-9-7-10-4-5-11(8-13(19)16(20)21)18-14(10)15-12(9)3-2-6-17-15/h2-7H,8H2,1H3,(H,20,21). The molecule has 0 amide bonds. The summed E-state index contributed by atoms with van der Waals surface area (Å²) in [5.41, 5.74) is 2.98. The number of fused-ring (bicyclic) bond motifs is 3. The first-order chi connectivity index (χ1) is 10.1. The maximum absolute atomic E-state index is 11.3. The number of hydrogen-bond acceptors (Lipinski definition) is 4. The van der Waals surface area contributed by atoms with E-state index in [-0.39, 0.29) is 6.42 Å². The number of benzene rings is 1. The van der Waals surface area contributed by atoms with E-state index in [4.69, 9.17) is 5.11 Å². The average molecular weight is 280 g/mol. The van der Waals surface area contributed by atoms with Gasteiger partial charge in [-0.2, -0.15) is 0 Å². The van der Waals surface area contributed by atoms with E-state index in [0.29, 0.717) is 11.2 Å². The van der Waals surface area contributed by atoms with Crippen LogP contribution in [0.4, 0.5) is 0 Å². The summed E-state index contributed by atoms with van der Waals surface area (Å²) < 4.78 is 0. The Morgan fingerprint density at radius 2 is 2.00 bits per heavy atom. The Kier molecular flexibility index (Phi) is 3.10. The van der Waals surface area contributed by atoms with Gasteiger partial charge in [0.05, 0.1) is 17.5 Å². The molecule has 0 fully saturated rings. The number of nitrogens with zero attached hydrogens (tertiary/aromatic N) is 2. The number of carboxylic acid groups (broad SMARTS) is 1. The zero-order valence-corrected chi connectivity index (χ0v) is 11.3. The van der Waals surface area contributed by atoms with Crippen LogP contribution in [-0.2, 0) is 16.0 Å². The lowest BCUT2D eigenvalue weighted by Crippen LogP contribution is -2.15. The number of rotatable bonds is 3. The highest BCUT2D eigenvalue weighted by Crippen LogP contribution is 2.25. The second kappa shape index (κ2) is 4.94. The van der Waals surface area contributed by atoms with Gasteiger partial charge in [0.25, 0.3) is 0 Å². The summed E-state index contributed by atoms with van der Waals surface area (Å²) in [4.78, 5) is 30.7. The first kappa shape index (κ1) is 13.2. The fraction of sp³-hybridized carbons (Fsp3) is 0.125. The van der Waals surface area contributed by atoms with Crippen molar-refractivity contribution in [2.75, 3.05) is 0 Å². The summed E-state index contributed by atoms with van der Waals surface area (Å²) in [6.07, 6.45) is 1.48. The molecule has 2 heterocycles. The molecule has 0 saturated heterocycles. The topological polar surface area (TPSA) is 80.2 Å². The Hall–Kier alpha value is -2.82. The molecule has 5 nitrogen and oxygen atoms in total. The molecule has 0 spiro atoms. The van der Waals surface area contributed by atoms with E-state index >= 15 is 0 Å². The number of pyridine rings is 2. The van der Waals surface area contributed by atoms with Crippen LogP contribution in [0.15, 0.2) is 36.5 Å². The van der Waals surface area contributed by atoms with Gasteiger partial charge < -0.3 is 5.11 Å². The third kappa shape index (κ3) is 2.33. The van der Waals surface area contributed by atoms with Gasteiger partial charge in [0.1, 0.15) is 0 Å². The van der Waals surface area contributed by atoms with Crippen molar-refractivity contribution >= 4 is 33.6 Å². The van der Waals surface area contributed by atoms with Crippen LogP contribution in [-0.4, -0.2) is 26.8 Å². The number of carbonyl (C=O) groups is 2. The minimum Gasteiger partial charge on any atom is -0.475 e. The van der Waals surface area contributed by atoms with Crippen molar-refractivity contribution in [3.8, 4) is 0 Å². The maximum Gasteiger partial charge on any atom is 0.372 e. The van der Waals surface area contributed by atoms with Crippen LogP contribution < -0.4 is 0 Å². The molecule has 0 aliphatic heterocycles. The molecule has 0 unspecified atom stereocenters. The molecule has 1 N–H and O–H groups in total. The Morgan fingerprint density at radius 3 is 2.76 bits per heavy atom. The molecule has 1 aromatic carbocycles. The van der Waals surface area contributed by atoms with E-state index in [9.17, 15) is 9.59 Å². The second-order valence-corrected chi connectivity index (χ2v) is 4.87. The Morgan fingerprint density at radius 1 is 1.19 bits per heavy atom. The largest absolute Gasteiger partial charge is 0.475 e. The Bertz CT molecular complexity index is 887. The summed E-state index contributed by atoms with van der Waals surface area (Å²) in [7, 11) is 0. The van der Waals surface area contributed by atoms with Gasteiger partial charge in [0.15, 0.2) is 0 Å². The van der Waals surface area contributed by atoms with Crippen LogP contribution >= 0.6 is 0 Å². The number of carboxylic acids is 1. The minimum absolute atomic E-state index is 0.215. The number of ketones is 1. The zero-order valence-electron chi connectivity index (χ0n) is 11.3. The number of aliphatic carboxylic acids is 1. The van der Waals surface area contributed by atoms with Crippen LogP contribution in [0, 0.1) is 6.92 Å². The molecule has 2 aromatic heterocycles. The molecule has 3 rings (SSSR count). The van der Waals surface area contributed by atoms with Crippen molar-refractivity contribution in [1.29, 1.82) is 0 Å². The minimum atomic E-state index is -1.44. The highest BCUT2D eigenvalue weighted by Gasteiger charge is 2.14. The average Bonchev–Trinajstić information content (AvgIpc) is 2.48. The SMILES string of the molecule is Cc1cc2ccc(CC(=O)C(=O)O)nc2c2ncccc12. The summed E-state index contributed by atoms with van der Waals surface area (Å²) in [5, 5.41) is 10.6. The monoisotopic (exact) mass is 280 g/mol. The molecule has 0 bridgehead atoms. The lowest BCUT2D eigenvalue weighted by atomic mass is 10.0. The molecule has 5 heteroatoms. The van der Waals surface area contributed by atoms with Crippen LogP contribution in [0.25, 0.3) is 21.8 Å². The van der Waals surface area contributed by atoms with E-state index in [1.165, 1.54) is 0 Å². The Balaban J connectivity index is 2.20. The third-order valence-corrected chi connectivity index (χ3v) is 3.39. The van der Waals surface area contributed by atoms with Crippen LogP contribution in [0.3, 0.4) is 0 Å². The zero-order chi connectivity index (χ0) is 15.0. The molecule has 0 saturated carbocycles. The first-order valence-electron chi connectivity index (χ1n) is 6.46. The predicted octanol–water partition coefficient (Wildman–Crippen LogP) is 2.29. The highest BCUT2D eigenvalue weighted by molar-refractivity contribution is 6.33. The molecule has 0 atom stereocenters. The quantitative estimate of drug-likeness (QED) is 0.588.